The lowest BCUT2D eigenvalue weighted by Gasteiger charge is -2.38. The summed E-state index contributed by atoms with van der Waals surface area (Å²) in [7, 11) is 0. The molecule has 0 aliphatic carbocycles. The fourth-order valence-corrected chi connectivity index (χ4v) is 1.50. The van der Waals surface area contributed by atoms with Crippen molar-refractivity contribution in [1.29, 1.82) is 0 Å². The van der Waals surface area contributed by atoms with Crippen molar-refractivity contribution >= 4 is 0 Å². The van der Waals surface area contributed by atoms with Gasteiger partial charge < -0.3 is 19.3 Å². The summed E-state index contributed by atoms with van der Waals surface area (Å²) in [5, 5.41) is 9.44. The molecule has 2 heterocycles. The summed E-state index contributed by atoms with van der Waals surface area (Å²) in [5.74, 6) is 0. The van der Waals surface area contributed by atoms with E-state index in [1.165, 1.54) is 0 Å². The van der Waals surface area contributed by atoms with Crippen LogP contribution in [0.25, 0.3) is 0 Å². The summed E-state index contributed by atoms with van der Waals surface area (Å²) >= 11 is 0. The maximum atomic E-state index is 9.44. The topological polar surface area (TPSA) is 47.9 Å². The fourth-order valence-electron chi connectivity index (χ4n) is 1.50. The van der Waals surface area contributed by atoms with E-state index in [1.54, 1.807) is 0 Å². The van der Waals surface area contributed by atoms with Gasteiger partial charge in [0.05, 0.1) is 12.7 Å². The van der Waals surface area contributed by atoms with Gasteiger partial charge >= 0.3 is 0 Å². The minimum absolute atomic E-state index is 0.0625. The Labute approximate surface area is 65.1 Å². The van der Waals surface area contributed by atoms with Gasteiger partial charge in [-0.3, -0.25) is 0 Å². The first kappa shape index (κ1) is 7.49. The highest BCUT2D eigenvalue weighted by molar-refractivity contribution is 4.83. The number of hydrogen-bond donors (Lipinski definition) is 1. The molecule has 0 spiro atoms. The number of fused-ring (bicyclic) bond motifs is 1. The first-order valence-corrected chi connectivity index (χ1v) is 3.87. The molecular formula is C7H12O4. The third kappa shape index (κ3) is 1.39. The Morgan fingerprint density at radius 1 is 1.27 bits per heavy atom. The molecule has 2 rings (SSSR count). The second-order valence-electron chi connectivity index (χ2n) is 2.89. The van der Waals surface area contributed by atoms with Crippen LogP contribution in [0.2, 0.25) is 0 Å². The monoisotopic (exact) mass is 160 g/mol. The molecule has 0 bridgehead atoms. The van der Waals surface area contributed by atoms with Gasteiger partial charge in [0.2, 0.25) is 0 Å². The second-order valence-corrected chi connectivity index (χ2v) is 2.89. The van der Waals surface area contributed by atoms with Crippen LogP contribution >= 0.6 is 0 Å². The van der Waals surface area contributed by atoms with Crippen molar-refractivity contribution in [3.05, 3.63) is 0 Å². The summed E-state index contributed by atoms with van der Waals surface area (Å²) < 4.78 is 15.6. The molecular weight excluding hydrogens is 148 g/mol. The molecule has 64 valence electrons. The smallest absolute Gasteiger partial charge is 0.147 e. The molecule has 2 fully saturated rings. The molecule has 0 radical (unpaired) electrons. The molecule has 2 aliphatic rings. The lowest BCUT2D eigenvalue weighted by molar-refractivity contribution is -0.252. The number of aliphatic hydroxyl groups excluding tert-OH is 1. The third-order valence-electron chi connectivity index (χ3n) is 2.12. The van der Waals surface area contributed by atoms with Crippen molar-refractivity contribution in [3.63, 3.8) is 0 Å². The van der Waals surface area contributed by atoms with Gasteiger partial charge in [0, 0.05) is 6.61 Å². The second kappa shape index (κ2) is 3.06. The zero-order valence-corrected chi connectivity index (χ0v) is 6.23. The molecule has 11 heavy (non-hydrogen) atoms. The van der Waals surface area contributed by atoms with Gasteiger partial charge in [0.15, 0.2) is 0 Å². The van der Waals surface area contributed by atoms with E-state index in [1.807, 2.05) is 0 Å². The highest BCUT2D eigenvalue weighted by atomic mass is 16.7. The van der Waals surface area contributed by atoms with Gasteiger partial charge in [0.25, 0.3) is 0 Å². The van der Waals surface area contributed by atoms with Crippen LogP contribution in [-0.2, 0) is 14.2 Å². The molecule has 0 saturated carbocycles. The maximum Gasteiger partial charge on any atom is 0.147 e. The number of rotatable bonds is 0. The van der Waals surface area contributed by atoms with Crippen molar-refractivity contribution in [2.24, 2.45) is 0 Å². The molecule has 4 heteroatoms. The molecule has 3 atom stereocenters. The van der Waals surface area contributed by atoms with E-state index in [4.69, 9.17) is 14.2 Å². The van der Waals surface area contributed by atoms with E-state index >= 15 is 0 Å². The first-order chi connectivity index (χ1) is 5.38. The third-order valence-corrected chi connectivity index (χ3v) is 2.12. The van der Waals surface area contributed by atoms with E-state index in [2.05, 4.69) is 0 Å². The van der Waals surface area contributed by atoms with E-state index in [0.29, 0.717) is 19.6 Å². The normalized spacial score (nSPS) is 45.0. The number of hydrogen-bond acceptors (Lipinski definition) is 4. The van der Waals surface area contributed by atoms with Gasteiger partial charge in [-0.2, -0.15) is 0 Å². The van der Waals surface area contributed by atoms with Crippen molar-refractivity contribution in [2.45, 2.75) is 24.7 Å². The summed E-state index contributed by atoms with van der Waals surface area (Å²) in [6.07, 6.45) is 0.0592. The first-order valence-electron chi connectivity index (χ1n) is 3.87. The van der Waals surface area contributed by atoms with Crippen LogP contribution in [0.4, 0.5) is 0 Å². The molecule has 0 aromatic rings. The average Bonchev–Trinajstić information content (AvgIpc) is 2.06. The van der Waals surface area contributed by atoms with Gasteiger partial charge in [-0.25, -0.2) is 0 Å². The largest absolute Gasteiger partial charge is 0.390 e. The van der Waals surface area contributed by atoms with Crippen LogP contribution in [0.15, 0.2) is 0 Å². The van der Waals surface area contributed by atoms with Gasteiger partial charge in [-0.15, -0.1) is 0 Å². The summed E-state index contributed by atoms with van der Waals surface area (Å²) in [6, 6.07) is 0. The maximum absolute atomic E-state index is 9.44. The molecule has 0 aromatic heterocycles. The van der Waals surface area contributed by atoms with Crippen molar-refractivity contribution < 1.29 is 19.3 Å². The average molecular weight is 160 g/mol. The quantitative estimate of drug-likeness (QED) is 0.519. The minimum Gasteiger partial charge on any atom is -0.390 e. The standard InChI is InChI=1S/C7H12O4/c8-5-1-2-10-6-3-9-4-11-7(5)6/h5-8H,1-4H2. The SMILES string of the molecule is OC1CCOC2COCOC12. The van der Waals surface area contributed by atoms with Crippen LogP contribution in [0.5, 0.6) is 0 Å². The van der Waals surface area contributed by atoms with E-state index in [-0.39, 0.29) is 25.1 Å². The molecule has 0 amide bonds. The summed E-state index contributed by atoms with van der Waals surface area (Å²) in [4.78, 5) is 0. The van der Waals surface area contributed by atoms with E-state index < -0.39 is 0 Å². The van der Waals surface area contributed by atoms with Crippen LogP contribution in [0, 0.1) is 0 Å². The minimum atomic E-state index is -0.377. The summed E-state index contributed by atoms with van der Waals surface area (Å²) in [5.41, 5.74) is 0. The Morgan fingerprint density at radius 3 is 3.00 bits per heavy atom. The van der Waals surface area contributed by atoms with Crippen molar-refractivity contribution in [1.82, 2.24) is 0 Å². The van der Waals surface area contributed by atoms with E-state index in [0.717, 1.165) is 0 Å². The van der Waals surface area contributed by atoms with E-state index in [9.17, 15) is 5.11 Å². The van der Waals surface area contributed by atoms with Crippen molar-refractivity contribution in [2.75, 3.05) is 20.0 Å². The lowest BCUT2D eigenvalue weighted by Crippen LogP contribution is -2.51. The highest BCUT2D eigenvalue weighted by Crippen LogP contribution is 2.21. The Kier molecular flexibility index (Phi) is 2.09. The van der Waals surface area contributed by atoms with Crippen LogP contribution in [0.1, 0.15) is 6.42 Å². The zero-order chi connectivity index (χ0) is 7.68. The molecule has 2 aliphatic heterocycles. The molecule has 3 unspecified atom stereocenters. The zero-order valence-electron chi connectivity index (χ0n) is 6.23. The van der Waals surface area contributed by atoms with Gasteiger partial charge in [0.1, 0.15) is 19.0 Å². The fraction of sp³-hybridized carbons (Fsp3) is 1.00. The predicted molar refractivity (Wildman–Crippen MR) is 36.1 cm³/mol. The van der Waals surface area contributed by atoms with Gasteiger partial charge in [-0.05, 0) is 6.42 Å². The molecule has 4 nitrogen and oxygen atoms in total. The highest BCUT2D eigenvalue weighted by Gasteiger charge is 2.36. The number of ether oxygens (including phenoxy) is 3. The summed E-state index contributed by atoms with van der Waals surface area (Å²) in [6.45, 7) is 1.43. The lowest BCUT2D eigenvalue weighted by atomic mass is 10.0. The van der Waals surface area contributed by atoms with Gasteiger partial charge in [-0.1, -0.05) is 0 Å². The Hall–Kier alpha value is -0.160. The van der Waals surface area contributed by atoms with Crippen molar-refractivity contribution in [3.8, 4) is 0 Å². The Balaban J connectivity index is 1.99. The van der Waals surface area contributed by atoms with Crippen LogP contribution < -0.4 is 0 Å². The molecule has 2 saturated heterocycles. The van der Waals surface area contributed by atoms with Crippen LogP contribution in [-0.4, -0.2) is 43.4 Å². The Bertz CT molecular complexity index is 136. The molecule has 0 aromatic carbocycles. The Morgan fingerprint density at radius 2 is 2.18 bits per heavy atom. The molecule has 1 N–H and O–H groups in total. The van der Waals surface area contributed by atoms with Crippen LogP contribution in [0.3, 0.4) is 0 Å². The predicted octanol–water partition coefficient (Wildman–Crippen LogP) is -0.491. The number of aliphatic hydroxyl groups is 1.